The second kappa shape index (κ2) is 10.5. The van der Waals surface area contributed by atoms with Crippen LogP contribution in [0, 0.1) is 11.8 Å². The molecule has 3 aliphatic heterocycles. The number of nitrogens with zero attached hydrogens (tertiary/aromatic N) is 2. The van der Waals surface area contributed by atoms with Crippen LogP contribution in [-0.4, -0.2) is 40.3 Å². The van der Waals surface area contributed by atoms with Gasteiger partial charge in [-0.25, -0.2) is 4.98 Å². The van der Waals surface area contributed by atoms with Crippen LogP contribution in [0.15, 0.2) is 65.2 Å². The second-order valence-electron chi connectivity index (χ2n) is 11.5. The molecule has 0 spiro atoms. The first-order valence-corrected chi connectivity index (χ1v) is 14.4. The Hall–Kier alpha value is -2.18. The first kappa shape index (κ1) is 25.1. The van der Waals surface area contributed by atoms with E-state index in [4.69, 9.17) is 25.7 Å². The lowest BCUT2D eigenvalue weighted by Gasteiger charge is -2.52. The maximum absolute atomic E-state index is 12.2. The third kappa shape index (κ3) is 5.12. The number of ether oxygens (including phenoxy) is 1. The second-order valence-corrected chi connectivity index (χ2v) is 12.0. The summed E-state index contributed by atoms with van der Waals surface area (Å²) in [6, 6.07) is 18.0. The topological polar surface area (TPSA) is 55.5 Å². The van der Waals surface area contributed by atoms with E-state index in [0.717, 1.165) is 78.3 Å². The summed E-state index contributed by atoms with van der Waals surface area (Å²) in [6.07, 6.45) is 10.0. The molecule has 2 bridgehead atoms. The molecule has 4 heterocycles. The molecule has 5 nitrogen and oxygen atoms in total. The van der Waals surface area contributed by atoms with Gasteiger partial charge < -0.3 is 18.7 Å². The van der Waals surface area contributed by atoms with Crippen molar-refractivity contribution in [1.29, 1.82) is 0 Å². The van der Waals surface area contributed by atoms with Gasteiger partial charge in [0.25, 0.3) is 0 Å². The number of benzene rings is 2. The van der Waals surface area contributed by atoms with Gasteiger partial charge >= 0.3 is 0 Å². The predicted octanol–water partition coefficient (Wildman–Crippen LogP) is 6.47. The zero-order valence-corrected chi connectivity index (χ0v) is 22.3. The van der Waals surface area contributed by atoms with E-state index in [1.165, 1.54) is 19.3 Å². The summed E-state index contributed by atoms with van der Waals surface area (Å²) in [6.45, 7) is 4.71. The molecule has 0 radical (unpaired) electrons. The summed E-state index contributed by atoms with van der Waals surface area (Å²) in [5.41, 5.74) is 0.867. The number of oxazole rings is 1. The van der Waals surface area contributed by atoms with Crippen molar-refractivity contribution in [2.45, 2.75) is 69.8 Å². The summed E-state index contributed by atoms with van der Waals surface area (Å²) in [4.78, 5) is 4.72. The quantitative estimate of drug-likeness (QED) is 0.345. The third-order valence-corrected chi connectivity index (χ3v) is 9.45. The fourth-order valence-corrected chi connectivity index (χ4v) is 7.18. The van der Waals surface area contributed by atoms with Gasteiger partial charge in [-0.3, -0.25) is 0 Å². The molecule has 2 atom stereocenters. The Labute approximate surface area is 225 Å². The van der Waals surface area contributed by atoms with Crippen molar-refractivity contribution >= 4 is 11.6 Å². The van der Waals surface area contributed by atoms with Crippen molar-refractivity contribution in [3.63, 3.8) is 0 Å². The van der Waals surface area contributed by atoms with Crippen molar-refractivity contribution in [2.24, 2.45) is 11.8 Å². The molecule has 3 saturated heterocycles. The number of aromatic nitrogens is 1. The minimum atomic E-state index is -1.18. The van der Waals surface area contributed by atoms with Crippen LogP contribution >= 0.6 is 11.6 Å². The van der Waals surface area contributed by atoms with Gasteiger partial charge in [-0.05, 0) is 36.1 Å². The predicted molar refractivity (Wildman–Crippen MR) is 144 cm³/mol. The van der Waals surface area contributed by atoms with Gasteiger partial charge in [-0.15, -0.1) is 0 Å². The summed E-state index contributed by atoms with van der Waals surface area (Å²) in [5, 5.41) is 12.9. The largest absolute Gasteiger partial charge is 0.436 e. The van der Waals surface area contributed by atoms with Crippen LogP contribution in [0.3, 0.4) is 0 Å². The van der Waals surface area contributed by atoms with Crippen molar-refractivity contribution < 1.29 is 18.7 Å². The number of piperidine rings is 3. The Morgan fingerprint density at radius 2 is 1.70 bits per heavy atom. The van der Waals surface area contributed by atoms with Crippen LogP contribution in [0.5, 0.6) is 0 Å². The fraction of sp³-hybridized carbons (Fsp3) is 0.516. The lowest BCUT2D eigenvalue weighted by Crippen LogP contribution is -2.63. The molecule has 1 unspecified atom stereocenters. The fourth-order valence-electron chi connectivity index (χ4n) is 7.05. The summed E-state index contributed by atoms with van der Waals surface area (Å²) < 4.78 is 13.9. The summed E-state index contributed by atoms with van der Waals surface area (Å²) >= 11 is 6.04. The maximum atomic E-state index is 12.2. The van der Waals surface area contributed by atoms with Crippen molar-refractivity contribution in [3.8, 4) is 0 Å². The van der Waals surface area contributed by atoms with Crippen LogP contribution in [0.4, 0.5) is 0 Å². The normalized spacial score (nSPS) is 27.7. The average Bonchev–Trinajstić information content (AvgIpc) is 3.42. The van der Waals surface area contributed by atoms with Gasteiger partial charge in [0.2, 0.25) is 5.89 Å². The highest BCUT2D eigenvalue weighted by Gasteiger charge is 2.48. The highest BCUT2D eigenvalue weighted by atomic mass is 35.5. The highest BCUT2D eigenvalue weighted by molar-refractivity contribution is 6.30. The first-order valence-electron chi connectivity index (χ1n) is 14.0. The molecular formula is C31H38ClN2O3+. The van der Waals surface area contributed by atoms with Crippen LogP contribution in [0.25, 0.3) is 0 Å². The molecule has 4 aliphatic rings. The van der Waals surface area contributed by atoms with Gasteiger partial charge in [-0.2, -0.15) is 0 Å². The van der Waals surface area contributed by atoms with Gasteiger partial charge in [-0.1, -0.05) is 73.3 Å². The monoisotopic (exact) mass is 521 g/mol. The molecule has 0 amide bonds. The molecule has 3 aromatic rings. The van der Waals surface area contributed by atoms with Gasteiger partial charge in [0.15, 0.2) is 11.4 Å². The van der Waals surface area contributed by atoms with Crippen LogP contribution in [0.1, 0.15) is 67.7 Å². The molecule has 1 N–H and O–H groups in total. The van der Waals surface area contributed by atoms with Crippen molar-refractivity contribution in [1.82, 2.24) is 4.98 Å². The molecule has 1 aliphatic carbocycles. The molecule has 6 heteroatoms. The minimum Gasteiger partial charge on any atom is -0.436 e. The lowest BCUT2D eigenvalue weighted by atomic mass is 9.73. The van der Waals surface area contributed by atoms with Crippen molar-refractivity contribution in [2.75, 3.05) is 19.6 Å². The van der Waals surface area contributed by atoms with Gasteiger partial charge in [0.05, 0.1) is 25.9 Å². The van der Waals surface area contributed by atoms with Crippen LogP contribution in [-0.2, 0) is 23.5 Å². The van der Waals surface area contributed by atoms with Crippen LogP contribution < -0.4 is 0 Å². The number of quaternary nitrogens is 1. The molecule has 4 fully saturated rings. The number of halogens is 1. The molecule has 1 saturated carbocycles. The van der Waals surface area contributed by atoms with E-state index < -0.39 is 5.60 Å². The van der Waals surface area contributed by atoms with E-state index in [2.05, 4.69) is 0 Å². The molecule has 37 heavy (non-hydrogen) atoms. The molecular weight excluding hydrogens is 484 g/mol. The average molecular weight is 522 g/mol. The zero-order chi connectivity index (χ0) is 25.3. The number of aliphatic hydroxyl groups is 1. The first-order chi connectivity index (χ1) is 18.0. The molecule has 1 aromatic heterocycles. The summed E-state index contributed by atoms with van der Waals surface area (Å²) in [5.74, 6) is 2.09. The number of hydrogen-bond donors (Lipinski definition) is 1. The molecule has 196 valence electrons. The van der Waals surface area contributed by atoms with E-state index in [9.17, 15) is 5.11 Å². The van der Waals surface area contributed by atoms with Crippen LogP contribution in [0.2, 0.25) is 5.02 Å². The SMILES string of the molecule is O[C@](c1ccccc1)(c1ncc(C[N+]23CCC(CC2)C(OCc2ccc(Cl)cc2)C3)o1)C1CCCCC1. The van der Waals surface area contributed by atoms with Gasteiger partial charge in [0.1, 0.15) is 19.2 Å². The number of hydrogen-bond acceptors (Lipinski definition) is 4. The molecule has 2 aromatic carbocycles. The number of rotatable bonds is 8. The van der Waals surface area contributed by atoms with Gasteiger partial charge in [0, 0.05) is 29.7 Å². The van der Waals surface area contributed by atoms with E-state index >= 15 is 0 Å². The molecule has 7 rings (SSSR count). The summed E-state index contributed by atoms with van der Waals surface area (Å²) in [7, 11) is 0. The van der Waals surface area contributed by atoms with E-state index in [1.807, 2.05) is 60.8 Å². The standard InChI is InChI=1S/C31H38ClN2O3/c32-27-13-11-23(12-14-27)22-36-29-21-34(17-15-24(29)16-18-34)20-28-19-33-30(37-28)31(35,25-7-3-1-4-8-25)26-9-5-2-6-10-26/h1,3-4,7-8,11-14,19,24,26,29,35H,2,5-6,9-10,15-18,20-22H2/q+1/t24?,29?,31-,34?/m0/s1. The Morgan fingerprint density at radius 3 is 2.43 bits per heavy atom. The smallest absolute Gasteiger partial charge is 0.231 e. The van der Waals surface area contributed by atoms with E-state index in [1.54, 1.807) is 0 Å². The Morgan fingerprint density at radius 1 is 0.973 bits per heavy atom. The maximum Gasteiger partial charge on any atom is 0.231 e. The van der Waals surface area contributed by atoms with E-state index in [-0.39, 0.29) is 12.0 Å². The Bertz CT molecular complexity index is 1170. The zero-order valence-electron chi connectivity index (χ0n) is 21.5. The number of fused-ring (bicyclic) bond motifs is 3. The van der Waals surface area contributed by atoms with Crippen molar-refractivity contribution in [3.05, 3.63) is 88.6 Å². The Kier molecular flexibility index (Phi) is 7.15. The highest BCUT2D eigenvalue weighted by Crippen LogP contribution is 2.44. The minimum absolute atomic E-state index is 0.124. The lowest BCUT2D eigenvalue weighted by molar-refractivity contribution is -0.959. The van der Waals surface area contributed by atoms with E-state index in [0.29, 0.717) is 18.4 Å². The third-order valence-electron chi connectivity index (χ3n) is 9.20. The Balaban J connectivity index is 1.19.